The minimum atomic E-state index is -0.437. The normalized spacial score (nSPS) is 11.0. The molecule has 5 nitrogen and oxygen atoms in total. The standard InChI is InChI=1S/C22H18FN3O2/c1-15(25-26-22(28)17-10-12-19(23)13-11-17)18-8-5-9-20(14-18)24-21(27)16-6-3-2-4-7-16/h2-14H,1H3,(H,24,27)(H,26,28)/b25-15-. The summed E-state index contributed by atoms with van der Waals surface area (Å²) in [6, 6.07) is 21.2. The number of hydrogen-bond donors (Lipinski definition) is 2. The predicted octanol–water partition coefficient (Wildman–Crippen LogP) is 4.23. The zero-order valence-corrected chi connectivity index (χ0v) is 15.1. The first-order chi connectivity index (χ1) is 13.5. The Morgan fingerprint density at radius 2 is 1.43 bits per heavy atom. The monoisotopic (exact) mass is 375 g/mol. The Hall–Kier alpha value is -3.80. The van der Waals surface area contributed by atoms with E-state index < -0.39 is 11.7 Å². The Morgan fingerprint density at radius 1 is 0.786 bits per heavy atom. The summed E-state index contributed by atoms with van der Waals surface area (Å²) in [4.78, 5) is 24.3. The van der Waals surface area contributed by atoms with Crippen molar-refractivity contribution in [2.75, 3.05) is 5.32 Å². The number of rotatable bonds is 5. The average Bonchev–Trinajstić information content (AvgIpc) is 2.73. The van der Waals surface area contributed by atoms with E-state index >= 15 is 0 Å². The van der Waals surface area contributed by atoms with Crippen LogP contribution in [0.25, 0.3) is 0 Å². The molecule has 2 N–H and O–H groups in total. The molecular weight excluding hydrogens is 357 g/mol. The minimum Gasteiger partial charge on any atom is -0.322 e. The summed E-state index contributed by atoms with van der Waals surface area (Å²) in [5.74, 6) is -1.06. The Bertz CT molecular complexity index is 1020. The third kappa shape index (κ3) is 4.88. The second kappa shape index (κ2) is 8.73. The van der Waals surface area contributed by atoms with Gasteiger partial charge in [0.15, 0.2) is 0 Å². The lowest BCUT2D eigenvalue weighted by molar-refractivity contribution is 0.0954. The van der Waals surface area contributed by atoms with Crippen molar-refractivity contribution in [3.05, 3.63) is 101 Å². The van der Waals surface area contributed by atoms with E-state index in [-0.39, 0.29) is 5.91 Å². The topological polar surface area (TPSA) is 70.6 Å². The molecule has 0 saturated carbocycles. The highest BCUT2D eigenvalue weighted by atomic mass is 19.1. The van der Waals surface area contributed by atoms with Gasteiger partial charge in [-0.25, -0.2) is 9.82 Å². The lowest BCUT2D eigenvalue weighted by Gasteiger charge is -2.08. The van der Waals surface area contributed by atoms with Crippen LogP contribution in [0.5, 0.6) is 0 Å². The van der Waals surface area contributed by atoms with Gasteiger partial charge in [0.2, 0.25) is 0 Å². The van der Waals surface area contributed by atoms with Gasteiger partial charge >= 0.3 is 0 Å². The van der Waals surface area contributed by atoms with Gasteiger partial charge in [0.05, 0.1) is 5.71 Å². The van der Waals surface area contributed by atoms with Gasteiger partial charge in [0, 0.05) is 16.8 Å². The van der Waals surface area contributed by atoms with Crippen LogP contribution in [-0.2, 0) is 0 Å². The van der Waals surface area contributed by atoms with E-state index in [1.54, 1.807) is 49.4 Å². The zero-order chi connectivity index (χ0) is 19.9. The van der Waals surface area contributed by atoms with E-state index in [9.17, 15) is 14.0 Å². The van der Waals surface area contributed by atoms with Crippen LogP contribution in [0.3, 0.4) is 0 Å². The molecule has 0 unspecified atom stereocenters. The molecule has 0 spiro atoms. The highest BCUT2D eigenvalue weighted by Crippen LogP contribution is 2.13. The van der Waals surface area contributed by atoms with Gasteiger partial charge in [-0.1, -0.05) is 30.3 Å². The molecule has 140 valence electrons. The Labute approximate surface area is 161 Å². The van der Waals surface area contributed by atoms with E-state index in [0.717, 1.165) is 5.56 Å². The maximum atomic E-state index is 12.9. The van der Waals surface area contributed by atoms with Gasteiger partial charge in [0.25, 0.3) is 11.8 Å². The molecule has 3 aromatic rings. The van der Waals surface area contributed by atoms with E-state index in [2.05, 4.69) is 15.8 Å². The maximum Gasteiger partial charge on any atom is 0.271 e. The highest BCUT2D eigenvalue weighted by Gasteiger charge is 2.08. The van der Waals surface area contributed by atoms with Gasteiger partial charge in [-0.15, -0.1) is 0 Å². The van der Waals surface area contributed by atoms with Crippen molar-refractivity contribution in [3.8, 4) is 0 Å². The smallest absolute Gasteiger partial charge is 0.271 e. The molecule has 0 heterocycles. The Kier molecular flexibility index (Phi) is 5.91. The van der Waals surface area contributed by atoms with Crippen molar-refractivity contribution >= 4 is 23.2 Å². The fourth-order valence-electron chi connectivity index (χ4n) is 2.48. The number of carbonyl (C=O) groups excluding carboxylic acids is 2. The van der Waals surface area contributed by atoms with Crippen LogP contribution in [0.15, 0.2) is 84.0 Å². The summed E-state index contributed by atoms with van der Waals surface area (Å²) >= 11 is 0. The van der Waals surface area contributed by atoms with Crippen molar-refractivity contribution < 1.29 is 14.0 Å². The molecule has 2 amide bonds. The van der Waals surface area contributed by atoms with Crippen molar-refractivity contribution in [3.63, 3.8) is 0 Å². The summed E-state index contributed by atoms with van der Waals surface area (Å²) in [5.41, 5.74) is 5.23. The van der Waals surface area contributed by atoms with Crippen LogP contribution < -0.4 is 10.7 Å². The zero-order valence-electron chi connectivity index (χ0n) is 15.1. The summed E-state index contributed by atoms with van der Waals surface area (Å²) in [7, 11) is 0. The number of nitrogens with one attached hydrogen (secondary N) is 2. The highest BCUT2D eigenvalue weighted by molar-refractivity contribution is 6.06. The molecule has 28 heavy (non-hydrogen) atoms. The summed E-state index contributed by atoms with van der Waals surface area (Å²) in [5, 5.41) is 6.91. The summed E-state index contributed by atoms with van der Waals surface area (Å²) < 4.78 is 12.9. The van der Waals surface area contributed by atoms with Crippen LogP contribution in [0.1, 0.15) is 33.2 Å². The quantitative estimate of drug-likeness (QED) is 0.517. The fraction of sp³-hybridized carbons (Fsp3) is 0.0455. The number of nitrogens with zero attached hydrogens (tertiary/aromatic N) is 1. The molecule has 3 aromatic carbocycles. The summed E-state index contributed by atoms with van der Waals surface area (Å²) in [6.45, 7) is 1.74. The van der Waals surface area contributed by atoms with Crippen molar-refractivity contribution in [1.29, 1.82) is 0 Å². The number of carbonyl (C=O) groups is 2. The molecule has 3 rings (SSSR count). The molecule has 0 atom stereocenters. The first kappa shape index (κ1) is 19.0. The third-order valence-corrected chi connectivity index (χ3v) is 4.01. The Morgan fingerprint density at radius 3 is 2.14 bits per heavy atom. The van der Waals surface area contributed by atoms with Gasteiger partial charge in [-0.3, -0.25) is 9.59 Å². The second-order valence-corrected chi connectivity index (χ2v) is 6.05. The first-order valence-corrected chi connectivity index (χ1v) is 8.60. The van der Waals surface area contributed by atoms with Gasteiger partial charge < -0.3 is 5.32 Å². The number of anilines is 1. The predicted molar refractivity (Wildman–Crippen MR) is 107 cm³/mol. The van der Waals surface area contributed by atoms with E-state index in [4.69, 9.17) is 0 Å². The fourth-order valence-corrected chi connectivity index (χ4v) is 2.48. The van der Waals surface area contributed by atoms with Crippen LogP contribution in [0.2, 0.25) is 0 Å². The number of amides is 2. The largest absolute Gasteiger partial charge is 0.322 e. The number of halogens is 1. The van der Waals surface area contributed by atoms with Crippen molar-refractivity contribution in [2.24, 2.45) is 5.10 Å². The van der Waals surface area contributed by atoms with Gasteiger partial charge in [-0.05, 0) is 61.0 Å². The van der Waals surface area contributed by atoms with Gasteiger partial charge in [-0.2, -0.15) is 5.10 Å². The lowest BCUT2D eigenvalue weighted by Crippen LogP contribution is -2.19. The molecule has 0 aliphatic rings. The summed E-state index contributed by atoms with van der Waals surface area (Å²) in [6.07, 6.45) is 0. The molecule has 0 fully saturated rings. The molecule has 0 bridgehead atoms. The van der Waals surface area contributed by atoms with Crippen molar-refractivity contribution in [1.82, 2.24) is 5.43 Å². The lowest BCUT2D eigenvalue weighted by atomic mass is 10.1. The number of benzene rings is 3. The van der Waals surface area contributed by atoms with Crippen molar-refractivity contribution in [2.45, 2.75) is 6.92 Å². The molecule has 0 aliphatic carbocycles. The SMILES string of the molecule is C/C(=N/NC(=O)c1ccc(F)cc1)c1cccc(NC(=O)c2ccccc2)c1. The Balaban J connectivity index is 1.68. The molecule has 0 radical (unpaired) electrons. The first-order valence-electron chi connectivity index (χ1n) is 8.60. The molecule has 0 aliphatic heterocycles. The number of hydrazone groups is 1. The van der Waals surface area contributed by atoms with Crippen LogP contribution in [0.4, 0.5) is 10.1 Å². The van der Waals surface area contributed by atoms with Crippen LogP contribution in [0, 0.1) is 5.82 Å². The molecule has 0 saturated heterocycles. The minimum absolute atomic E-state index is 0.211. The van der Waals surface area contributed by atoms with E-state index in [1.807, 2.05) is 12.1 Å². The number of hydrogen-bond acceptors (Lipinski definition) is 3. The third-order valence-electron chi connectivity index (χ3n) is 4.01. The molecule has 0 aromatic heterocycles. The van der Waals surface area contributed by atoms with Crippen LogP contribution in [-0.4, -0.2) is 17.5 Å². The van der Waals surface area contributed by atoms with E-state index in [1.165, 1.54) is 24.3 Å². The molecular formula is C22H18FN3O2. The average molecular weight is 375 g/mol. The van der Waals surface area contributed by atoms with E-state index in [0.29, 0.717) is 22.5 Å². The van der Waals surface area contributed by atoms with Crippen LogP contribution >= 0.6 is 0 Å². The molecule has 6 heteroatoms. The van der Waals surface area contributed by atoms with Gasteiger partial charge in [0.1, 0.15) is 5.82 Å². The second-order valence-electron chi connectivity index (χ2n) is 6.05. The maximum absolute atomic E-state index is 12.9.